The molecule has 50 valence electrons. The molecule has 0 aliphatic rings. The molecular formula is C3H4N2O3S. The summed E-state index contributed by atoms with van der Waals surface area (Å²) in [5, 5.41) is 4.32. The van der Waals surface area contributed by atoms with Crippen molar-refractivity contribution in [2.45, 2.75) is 5.09 Å². The van der Waals surface area contributed by atoms with Gasteiger partial charge in [-0.15, -0.1) is 0 Å². The van der Waals surface area contributed by atoms with Gasteiger partial charge in [0.25, 0.3) is 15.1 Å². The van der Waals surface area contributed by atoms with Crippen LogP contribution in [-0.2, 0) is 10.0 Å². The van der Waals surface area contributed by atoms with Crippen LogP contribution < -0.4 is 5.14 Å². The minimum Gasteiger partial charge on any atom is -0.431 e. The maximum atomic E-state index is 10.3. The van der Waals surface area contributed by atoms with E-state index in [0.717, 1.165) is 12.6 Å². The van der Waals surface area contributed by atoms with Gasteiger partial charge < -0.3 is 4.42 Å². The molecule has 0 unspecified atom stereocenters. The smallest absolute Gasteiger partial charge is 0.273 e. The largest absolute Gasteiger partial charge is 0.431 e. The van der Waals surface area contributed by atoms with E-state index < -0.39 is 10.0 Å². The SMILES string of the molecule is NS(=O)(=O)c1cnco1. The van der Waals surface area contributed by atoms with Crippen LogP contribution in [0.15, 0.2) is 22.1 Å². The molecule has 0 saturated heterocycles. The van der Waals surface area contributed by atoms with Crippen molar-refractivity contribution >= 4 is 10.0 Å². The lowest BCUT2D eigenvalue weighted by molar-refractivity contribution is 0.447. The van der Waals surface area contributed by atoms with E-state index in [1.165, 1.54) is 0 Å². The highest BCUT2D eigenvalue weighted by Crippen LogP contribution is 2.01. The third-order valence-electron chi connectivity index (χ3n) is 0.690. The van der Waals surface area contributed by atoms with Crippen molar-refractivity contribution in [3.8, 4) is 0 Å². The van der Waals surface area contributed by atoms with Gasteiger partial charge in [0.1, 0.15) is 0 Å². The summed E-state index contributed by atoms with van der Waals surface area (Å²) in [6, 6.07) is 0. The van der Waals surface area contributed by atoms with E-state index in [1.807, 2.05) is 0 Å². The highest BCUT2D eigenvalue weighted by atomic mass is 32.2. The number of sulfonamides is 1. The molecule has 0 radical (unpaired) electrons. The lowest BCUT2D eigenvalue weighted by Gasteiger charge is -1.84. The molecule has 0 aromatic carbocycles. The van der Waals surface area contributed by atoms with Gasteiger partial charge in [-0.25, -0.2) is 18.5 Å². The average Bonchev–Trinajstić information content (AvgIpc) is 2.08. The highest BCUT2D eigenvalue weighted by molar-refractivity contribution is 7.89. The molecule has 9 heavy (non-hydrogen) atoms. The van der Waals surface area contributed by atoms with E-state index in [1.54, 1.807) is 0 Å². The Morgan fingerprint density at radius 1 is 1.67 bits per heavy atom. The molecule has 0 fully saturated rings. The third-order valence-corrected chi connectivity index (χ3v) is 1.45. The quantitative estimate of drug-likeness (QED) is 0.571. The zero-order valence-electron chi connectivity index (χ0n) is 4.31. The monoisotopic (exact) mass is 148 g/mol. The van der Waals surface area contributed by atoms with Crippen LogP contribution >= 0.6 is 0 Å². The van der Waals surface area contributed by atoms with Crippen LogP contribution in [0, 0.1) is 0 Å². The van der Waals surface area contributed by atoms with Crippen molar-refractivity contribution in [2.24, 2.45) is 5.14 Å². The van der Waals surface area contributed by atoms with Gasteiger partial charge in [-0.05, 0) is 0 Å². The van der Waals surface area contributed by atoms with E-state index in [0.29, 0.717) is 0 Å². The van der Waals surface area contributed by atoms with Gasteiger partial charge in [-0.2, -0.15) is 0 Å². The number of nitrogens with zero attached hydrogens (tertiary/aromatic N) is 1. The van der Waals surface area contributed by atoms with E-state index in [2.05, 4.69) is 14.5 Å². The van der Waals surface area contributed by atoms with Crippen molar-refractivity contribution < 1.29 is 12.8 Å². The Balaban J connectivity index is 3.20. The Morgan fingerprint density at radius 3 is 2.56 bits per heavy atom. The maximum Gasteiger partial charge on any atom is 0.273 e. The van der Waals surface area contributed by atoms with E-state index in [4.69, 9.17) is 0 Å². The molecule has 0 amide bonds. The minimum absolute atomic E-state index is 0.317. The van der Waals surface area contributed by atoms with Gasteiger partial charge in [0, 0.05) is 0 Å². The molecular weight excluding hydrogens is 144 g/mol. The van der Waals surface area contributed by atoms with Gasteiger partial charge in [0.15, 0.2) is 6.39 Å². The number of rotatable bonds is 1. The third kappa shape index (κ3) is 1.27. The fraction of sp³-hybridized carbons (Fsp3) is 0. The molecule has 0 spiro atoms. The molecule has 1 aromatic rings. The molecule has 0 bridgehead atoms. The second kappa shape index (κ2) is 1.82. The van der Waals surface area contributed by atoms with Crippen LogP contribution in [-0.4, -0.2) is 13.4 Å². The van der Waals surface area contributed by atoms with Crippen LogP contribution in [0.1, 0.15) is 0 Å². The number of oxazole rings is 1. The fourth-order valence-electron chi connectivity index (χ4n) is 0.345. The van der Waals surface area contributed by atoms with E-state index in [9.17, 15) is 8.42 Å². The normalized spacial score (nSPS) is 11.7. The Bertz CT molecular complexity index is 274. The van der Waals surface area contributed by atoms with E-state index in [-0.39, 0.29) is 5.09 Å². The molecule has 0 atom stereocenters. The zero-order valence-corrected chi connectivity index (χ0v) is 5.13. The topological polar surface area (TPSA) is 86.2 Å². The molecule has 1 heterocycles. The number of primary sulfonamides is 1. The first kappa shape index (κ1) is 6.24. The van der Waals surface area contributed by atoms with Gasteiger partial charge in [-0.1, -0.05) is 0 Å². The Hall–Kier alpha value is -0.880. The number of hydrogen-bond acceptors (Lipinski definition) is 4. The van der Waals surface area contributed by atoms with Crippen LogP contribution in [0.5, 0.6) is 0 Å². The number of nitrogens with two attached hydrogens (primary N) is 1. The summed E-state index contributed by atoms with van der Waals surface area (Å²) in [5.41, 5.74) is 0. The summed E-state index contributed by atoms with van der Waals surface area (Å²) in [5.74, 6) is 0. The van der Waals surface area contributed by atoms with Gasteiger partial charge in [0.05, 0.1) is 6.20 Å². The maximum absolute atomic E-state index is 10.3. The summed E-state index contributed by atoms with van der Waals surface area (Å²) >= 11 is 0. The average molecular weight is 148 g/mol. The molecule has 1 aromatic heterocycles. The first-order valence-electron chi connectivity index (χ1n) is 2.02. The lowest BCUT2D eigenvalue weighted by Crippen LogP contribution is -2.10. The van der Waals surface area contributed by atoms with Crippen LogP contribution in [0.25, 0.3) is 0 Å². The minimum atomic E-state index is -3.69. The van der Waals surface area contributed by atoms with Crippen molar-refractivity contribution in [1.29, 1.82) is 0 Å². The second-order valence-corrected chi connectivity index (χ2v) is 2.86. The molecule has 1 rings (SSSR count). The highest BCUT2D eigenvalue weighted by Gasteiger charge is 2.09. The number of aromatic nitrogens is 1. The van der Waals surface area contributed by atoms with Crippen molar-refractivity contribution in [3.05, 3.63) is 12.6 Å². The van der Waals surface area contributed by atoms with Crippen molar-refractivity contribution in [3.63, 3.8) is 0 Å². The second-order valence-electron chi connectivity index (χ2n) is 1.37. The summed E-state index contributed by atoms with van der Waals surface area (Å²) in [4.78, 5) is 3.36. The Kier molecular flexibility index (Phi) is 1.26. The van der Waals surface area contributed by atoms with E-state index >= 15 is 0 Å². The van der Waals surface area contributed by atoms with Gasteiger partial charge in [-0.3, -0.25) is 0 Å². The summed E-state index contributed by atoms with van der Waals surface area (Å²) in [6.45, 7) is 0. The fourth-order valence-corrected chi connectivity index (χ4v) is 0.730. The Morgan fingerprint density at radius 2 is 2.33 bits per heavy atom. The molecule has 5 nitrogen and oxygen atoms in total. The summed E-state index contributed by atoms with van der Waals surface area (Å²) in [7, 11) is -3.69. The summed E-state index contributed by atoms with van der Waals surface area (Å²) in [6.07, 6.45) is 2.04. The van der Waals surface area contributed by atoms with Crippen LogP contribution in [0.4, 0.5) is 0 Å². The van der Waals surface area contributed by atoms with Crippen LogP contribution in [0.2, 0.25) is 0 Å². The number of hydrogen-bond donors (Lipinski definition) is 1. The standard InChI is InChI=1S/C3H4N2O3S/c4-9(6,7)3-1-5-2-8-3/h1-2H,(H2,4,6,7). The van der Waals surface area contributed by atoms with Crippen molar-refractivity contribution in [2.75, 3.05) is 0 Å². The molecule has 0 saturated carbocycles. The van der Waals surface area contributed by atoms with Crippen LogP contribution in [0.3, 0.4) is 0 Å². The molecule has 2 N–H and O–H groups in total. The first-order valence-corrected chi connectivity index (χ1v) is 3.56. The zero-order chi connectivity index (χ0) is 6.91. The van der Waals surface area contributed by atoms with Gasteiger partial charge in [0.2, 0.25) is 0 Å². The predicted octanol–water partition coefficient (Wildman–Crippen LogP) is -0.678. The molecule has 0 aliphatic carbocycles. The summed E-state index contributed by atoms with van der Waals surface area (Å²) < 4.78 is 25.0. The lowest BCUT2D eigenvalue weighted by atomic mass is 11.0. The predicted molar refractivity (Wildman–Crippen MR) is 27.9 cm³/mol. The molecule has 6 heteroatoms. The van der Waals surface area contributed by atoms with Crippen molar-refractivity contribution in [1.82, 2.24) is 4.98 Å². The van der Waals surface area contributed by atoms with Gasteiger partial charge >= 0.3 is 0 Å². The Labute approximate surface area is 51.5 Å². The molecule has 0 aliphatic heterocycles. The first-order chi connectivity index (χ1) is 4.11.